The average Bonchev–Trinajstić information content (AvgIpc) is 2.97. The molecule has 0 amide bonds. The van der Waals surface area contributed by atoms with Crippen molar-refractivity contribution in [1.29, 1.82) is 0 Å². The maximum Gasteiger partial charge on any atom is 0.0729 e. The van der Waals surface area contributed by atoms with Gasteiger partial charge in [0, 0.05) is 5.41 Å². The third-order valence-corrected chi connectivity index (χ3v) is 11.4. The number of fused-ring (bicyclic) bond motifs is 5. The molecule has 0 aromatic carbocycles. The van der Waals surface area contributed by atoms with Crippen LogP contribution in [0.25, 0.3) is 0 Å². The highest BCUT2D eigenvalue weighted by Gasteiger charge is 2.65. The SMILES string of the molecule is CC(C)CCC[C@@H](C)[C@@]1(O)CC[C@H]2[C@@H]3CC=C4C(C)(C)[C@@H](O)CC[C@]4(C)[C@H]3CC[C@@]21C. The second-order valence-corrected chi connectivity index (χ2v) is 13.6. The molecule has 3 fully saturated rings. The van der Waals surface area contributed by atoms with Crippen molar-refractivity contribution in [3.8, 4) is 0 Å². The van der Waals surface area contributed by atoms with Gasteiger partial charge in [0.15, 0.2) is 0 Å². The maximum absolute atomic E-state index is 12.1. The van der Waals surface area contributed by atoms with Crippen molar-refractivity contribution in [1.82, 2.24) is 0 Å². The fourth-order valence-corrected chi connectivity index (χ4v) is 9.32. The van der Waals surface area contributed by atoms with Crippen molar-refractivity contribution in [2.24, 2.45) is 45.8 Å². The van der Waals surface area contributed by atoms with E-state index in [-0.39, 0.29) is 22.3 Å². The quantitative estimate of drug-likeness (QED) is 0.455. The van der Waals surface area contributed by atoms with E-state index >= 15 is 0 Å². The van der Waals surface area contributed by atoms with E-state index in [4.69, 9.17) is 0 Å². The van der Waals surface area contributed by atoms with Crippen LogP contribution in [0.3, 0.4) is 0 Å². The molecular weight excluding hydrogens is 380 g/mol. The molecule has 0 saturated heterocycles. The lowest BCUT2D eigenvalue weighted by Crippen LogP contribution is -2.58. The first-order chi connectivity index (χ1) is 14.4. The number of rotatable bonds is 5. The molecule has 0 aliphatic heterocycles. The van der Waals surface area contributed by atoms with Crippen LogP contribution in [0, 0.1) is 45.8 Å². The lowest BCUT2D eigenvalue weighted by molar-refractivity contribution is -0.153. The molecule has 4 aliphatic rings. The molecule has 2 N–H and O–H groups in total. The Morgan fingerprint density at radius 2 is 1.61 bits per heavy atom. The molecule has 0 unspecified atom stereocenters. The predicted molar refractivity (Wildman–Crippen MR) is 130 cm³/mol. The second kappa shape index (κ2) is 7.86. The molecule has 178 valence electrons. The number of allylic oxidation sites excluding steroid dienone is 1. The van der Waals surface area contributed by atoms with Crippen molar-refractivity contribution in [2.75, 3.05) is 0 Å². The van der Waals surface area contributed by atoms with Gasteiger partial charge < -0.3 is 10.2 Å². The molecule has 2 nitrogen and oxygen atoms in total. The third kappa shape index (κ3) is 3.40. The minimum Gasteiger partial charge on any atom is -0.392 e. The van der Waals surface area contributed by atoms with Gasteiger partial charge in [-0.25, -0.2) is 0 Å². The van der Waals surface area contributed by atoms with Crippen LogP contribution in [0.2, 0.25) is 0 Å². The average molecular weight is 431 g/mol. The number of hydrogen-bond acceptors (Lipinski definition) is 2. The van der Waals surface area contributed by atoms with Crippen LogP contribution < -0.4 is 0 Å². The Morgan fingerprint density at radius 1 is 0.935 bits per heavy atom. The van der Waals surface area contributed by atoms with Crippen molar-refractivity contribution in [2.45, 2.75) is 124 Å². The smallest absolute Gasteiger partial charge is 0.0729 e. The van der Waals surface area contributed by atoms with Crippen LogP contribution in [-0.4, -0.2) is 21.9 Å². The highest BCUT2D eigenvalue weighted by atomic mass is 16.3. The van der Waals surface area contributed by atoms with Crippen molar-refractivity contribution >= 4 is 0 Å². The Kier molecular flexibility index (Phi) is 6.04. The Bertz CT molecular complexity index is 708. The van der Waals surface area contributed by atoms with Crippen molar-refractivity contribution in [3.05, 3.63) is 11.6 Å². The van der Waals surface area contributed by atoms with Gasteiger partial charge in [0.1, 0.15) is 0 Å². The Morgan fingerprint density at radius 3 is 2.29 bits per heavy atom. The first-order valence-electron chi connectivity index (χ1n) is 13.5. The Balaban J connectivity index is 1.58. The van der Waals surface area contributed by atoms with E-state index in [9.17, 15) is 10.2 Å². The van der Waals surface area contributed by atoms with E-state index in [1.54, 1.807) is 5.57 Å². The summed E-state index contributed by atoms with van der Waals surface area (Å²) in [6, 6.07) is 0. The summed E-state index contributed by atoms with van der Waals surface area (Å²) in [6.45, 7) is 16.5. The lowest BCUT2D eigenvalue weighted by atomic mass is 9.44. The van der Waals surface area contributed by atoms with Crippen LogP contribution in [0.1, 0.15) is 113 Å². The first kappa shape index (κ1) is 23.8. The Labute approximate surface area is 192 Å². The van der Waals surface area contributed by atoms with Gasteiger partial charge in [0.25, 0.3) is 0 Å². The molecular formula is C29H50O2. The Hall–Kier alpha value is -0.340. The van der Waals surface area contributed by atoms with Gasteiger partial charge in [-0.1, -0.05) is 73.0 Å². The largest absolute Gasteiger partial charge is 0.392 e. The zero-order chi connectivity index (χ0) is 22.8. The molecule has 8 atom stereocenters. The normalized spacial score (nSPS) is 47.4. The van der Waals surface area contributed by atoms with Gasteiger partial charge in [-0.2, -0.15) is 0 Å². The van der Waals surface area contributed by atoms with E-state index in [0.717, 1.165) is 37.5 Å². The fourth-order valence-electron chi connectivity index (χ4n) is 9.32. The zero-order valence-electron chi connectivity index (χ0n) is 21.5. The summed E-state index contributed by atoms with van der Waals surface area (Å²) in [5.74, 6) is 3.22. The predicted octanol–water partition coefficient (Wildman–Crippen LogP) is 7.14. The van der Waals surface area contributed by atoms with Gasteiger partial charge in [0.05, 0.1) is 11.7 Å². The summed E-state index contributed by atoms with van der Waals surface area (Å²) in [7, 11) is 0. The highest BCUT2D eigenvalue weighted by molar-refractivity contribution is 5.31. The van der Waals surface area contributed by atoms with Crippen LogP contribution in [-0.2, 0) is 0 Å². The summed E-state index contributed by atoms with van der Waals surface area (Å²) >= 11 is 0. The minimum atomic E-state index is -0.494. The molecule has 0 aromatic rings. The summed E-state index contributed by atoms with van der Waals surface area (Å²) < 4.78 is 0. The van der Waals surface area contributed by atoms with E-state index in [1.807, 2.05) is 0 Å². The van der Waals surface area contributed by atoms with Crippen LogP contribution in [0.15, 0.2) is 11.6 Å². The van der Waals surface area contributed by atoms with Gasteiger partial charge >= 0.3 is 0 Å². The second-order valence-electron chi connectivity index (χ2n) is 13.6. The van der Waals surface area contributed by atoms with E-state index < -0.39 is 5.60 Å². The summed E-state index contributed by atoms with van der Waals surface area (Å²) in [5.41, 5.74) is 1.25. The van der Waals surface area contributed by atoms with Gasteiger partial charge in [-0.05, 0) is 91.8 Å². The highest BCUT2D eigenvalue weighted by Crippen LogP contribution is 2.69. The molecule has 4 rings (SSSR count). The molecule has 4 aliphatic carbocycles. The van der Waals surface area contributed by atoms with Gasteiger partial charge in [-0.15, -0.1) is 0 Å². The molecule has 0 aromatic heterocycles. The number of hydrogen-bond donors (Lipinski definition) is 2. The molecule has 31 heavy (non-hydrogen) atoms. The van der Waals surface area contributed by atoms with Gasteiger partial charge in [0.2, 0.25) is 0 Å². The van der Waals surface area contributed by atoms with Crippen LogP contribution in [0.4, 0.5) is 0 Å². The lowest BCUT2D eigenvalue weighted by Gasteiger charge is -2.62. The van der Waals surface area contributed by atoms with E-state index in [2.05, 4.69) is 54.5 Å². The molecule has 2 heteroatoms. The van der Waals surface area contributed by atoms with Crippen molar-refractivity contribution < 1.29 is 10.2 Å². The maximum atomic E-state index is 12.1. The summed E-state index contributed by atoms with van der Waals surface area (Å²) in [4.78, 5) is 0. The summed E-state index contributed by atoms with van der Waals surface area (Å²) in [6.07, 6.45) is 13.9. The van der Waals surface area contributed by atoms with Crippen molar-refractivity contribution in [3.63, 3.8) is 0 Å². The molecule has 0 radical (unpaired) electrons. The van der Waals surface area contributed by atoms with Gasteiger partial charge in [-0.3, -0.25) is 0 Å². The monoisotopic (exact) mass is 430 g/mol. The first-order valence-corrected chi connectivity index (χ1v) is 13.5. The summed E-state index contributed by atoms with van der Waals surface area (Å²) in [5, 5.41) is 22.9. The zero-order valence-corrected chi connectivity index (χ0v) is 21.5. The minimum absolute atomic E-state index is 0.0663. The standard InChI is InChI=1S/C29H50O2/c1-19(2)9-8-10-20(3)29(31)18-14-23-21-11-12-24-26(4,5)25(30)15-16-27(24,6)22(21)13-17-28(23,29)7/h12,19-23,25,30-31H,8-11,13-18H2,1-7H3/t20-,21-,22+,23+,25+,27-,28+,29+/m1/s1. The third-order valence-electron chi connectivity index (χ3n) is 11.4. The topological polar surface area (TPSA) is 40.5 Å². The fraction of sp³-hybridized carbons (Fsp3) is 0.931. The molecule has 0 spiro atoms. The molecule has 3 saturated carbocycles. The number of aliphatic hydroxyl groups excluding tert-OH is 1. The number of aliphatic hydroxyl groups is 2. The van der Waals surface area contributed by atoms with Crippen LogP contribution >= 0.6 is 0 Å². The van der Waals surface area contributed by atoms with Crippen LogP contribution in [0.5, 0.6) is 0 Å². The molecule has 0 bridgehead atoms. The molecule has 0 heterocycles. The van der Waals surface area contributed by atoms with E-state index in [0.29, 0.717) is 17.8 Å². The van der Waals surface area contributed by atoms with E-state index in [1.165, 1.54) is 38.5 Å².